The van der Waals surface area contributed by atoms with Crippen LogP contribution in [0.4, 0.5) is 10.1 Å². The lowest BCUT2D eigenvalue weighted by atomic mass is 10.3. The number of aromatic nitrogens is 3. The van der Waals surface area contributed by atoms with Crippen LogP contribution in [-0.2, 0) is 10.0 Å². The molecule has 9 heteroatoms. The second-order valence-corrected chi connectivity index (χ2v) is 6.43. The van der Waals surface area contributed by atoms with E-state index in [0.717, 1.165) is 12.1 Å². The molecule has 0 fully saturated rings. The van der Waals surface area contributed by atoms with Crippen LogP contribution < -0.4 is 9.46 Å². The monoisotopic (exact) mass is 348 g/mol. The van der Waals surface area contributed by atoms with Gasteiger partial charge in [0.25, 0.3) is 10.0 Å². The summed E-state index contributed by atoms with van der Waals surface area (Å²) in [6.07, 6.45) is 6.25. The molecule has 0 spiro atoms. The maximum absolute atomic E-state index is 13.4. The fourth-order valence-electron chi connectivity index (χ4n) is 2.06. The Morgan fingerprint density at radius 1 is 1.25 bits per heavy atom. The molecule has 3 aromatic rings. The van der Waals surface area contributed by atoms with Crippen molar-refractivity contribution in [2.45, 2.75) is 4.90 Å². The molecular weight excluding hydrogens is 335 g/mol. The zero-order valence-electron chi connectivity index (χ0n) is 12.5. The molecule has 0 radical (unpaired) electrons. The van der Waals surface area contributed by atoms with Gasteiger partial charge < -0.3 is 4.74 Å². The van der Waals surface area contributed by atoms with Gasteiger partial charge in [0.05, 0.1) is 19.0 Å². The summed E-state index contributed by atoms with van der Waals surface area (Å²) in [5.74, 6) is -0.0459. The molecule has 0 amide bonds. The molecular formula is C15H13FN4O3S. The van der Waals surface area contributed by atoms with E-state index in [1.165, 1.54) is 19.4 Å². The van der Waals surface area contributed by atoms with Gasteiger partial charge in [-0.1, -0.05) is 0 Å². The fraction of sp³-hybridized carbons (Fsp3) is 0.0667. The third kappa shape index (κ3) is 3.20. The van der Waals surface area contributed by atoms with E-state index < -0.39 is 15.8 Å². The Kier molecular flexibility index (Phi) is 4.17. The van der Waals surface area contributed by atoms with Crippen molar-refractivity contribution >= 4 is 15.7 Å². The summed E-state index contributed by atoms with van der Waals surface area (Å²) in [5, 5.41) is 0. The van der Waals surface area contributed by atoms with E-state index in [-0.39, 0.29) is 16.3 Å². The topological polar surface area (TPSA) is 86.1 Å². The van der Waals surface area contributed by atoms with Crippen LogP contribution in [0.15, 0.2) is 60.1 Å². The van der Waals surface area contributed by atoms with Gasteiger partial charge in [0, 0.05) is 12.4 Å². The Morgan fingerprint density at radius 2 is 2.08 bits per heavy atom. The molecule has 7 nitrogen and oxygen atoms in total. The molecule has 0 saturated heterocycles. The number of benzene rings is 1. The molecule has 1 aromatic carbocycles. The van der Waals surface area contributed by atoms with Gasteiger partial charge in [0.1, 0.15) is 28.6 Å². The Bertz CT molecular complexity index is 941. The quantitative estimate of drug-likeness (QED) is 0.764. The summed E-state index contributed by atoms with van der Waals surface area (Å²) in [4.78, 5) is 7.77. The first-order valence-electron chi connectivity index (χ1n) is 6.80. The largest absolute Gasteiger partial charge is 0.495 e. The molecule has 2 heterocycles. The van der Waals surface area contributed by atoms with Gasteiger partial charge in [-0.05, 0) is 30.3 Å². The predicted octanol–water partition coefficient (Wildman–Crippen LogP) is 2.22. The smallest absolute Gasteiger partial charge is 0.265 e. The lowest BCUT2D eigenvalue weighted by Gasteiger charge is -2.11. The van der Waals surface area contributed by atoms with E-state index in [1.807, 2.05) is 0 Å². The van der Waals surface area contributed by atoms with Gasteiger partial charge in [-0.3, -0.25) is 9.29 Å². The number of anilines is 1. The molecule has 0 unspecified atom stereocenters. The summed E-state index contributed by atoms with van der Waals surface area (Å²) >= 11 is 0. The minimum Gasteiger partial charge on any atom is -0.495 e. The van der Waals surface area contributed by atoms with Crippen LogP contribution in [0.1, 0.15) is 0 Å². The molecule has 124 valence electrons. The van der Waals surface area contributed by atoms with E-state index >= 15 is 0 Å². The van der Waals surface area contributed by atoms with Crippen molar-refractivity contribution in [1.29, 1.82) is 0 Å². The third-order valence-electron chi connectivity index (χ3n) is 3.18. The van der Waals surface area contributed by atoms with Crippen molar-refractivity contribution in [2.75, 3.05) is 11.8 Å². The van der Waals surface area contributed by atoms with E-state index in [0.29, 0.717) is 5.82 Å². The van der Waals surface area contributed by atoms with E-state index in [4.69, 9.17) is 4.74 Å². The molecule has 24 heavy (non-hydrogen) atoms. The number of imidazole rings is 1. The van der Waals surface area contributed by atoms with Gasteiger partial charge in [0.2, 0.25) is 0 Å². The van der Waals surface area contributed by atoms with Gasteiger partial charge in [-0.15, -0.1) is 0 Å². The van der Waals surface area contributed by atoms with Crippen LogP contribution in [0, 0.1) is 5.82 Å². The van der Waals surface area contributed by atoms with Crippen LogP contribution in [0.5, 0.6) is 5.75 Å². The van der Waals surface area contributed by atoms with Crippen LogP contribution in [0.3, 0.4) is 0 Å². The summed E-state index contributed by atoms with van der Waals surface area (Å²) in [7, 11) is -2.71. The molecule has 2 aromatic heterocycles. The van der Waals surface area contributed by atoms with Crippen LogP contribution in [0.25, 0.3) is 5.82 Å². The Labute approximate surface area is 137 Å². The fourth-order valence-corrected chi connectivity index (χ4v) is 3.29. The SMILES string of the molecule is COc1ccc(F)cc1S(=O)(=O)Nc1ccc(-n2ccnc2)nc1. The van der Waals surface area contributed by atoms with Crippen molar-refractivity contribution in [3.05, 3.63) is 61.1 Å². The lowest BCUT2D eigenvalue weighted by Crippen LogP contribution is -2.14. The highest BCUT2D eigenvalue weighted by Gasteiger charge is 2.20. The summed E-state index contributed by atoms with van der Waals surface area (Å²) < 4.78 is 47.3. The zero-order chi connectivity index (χ0) is 17.2. The van der Waals surface area contributed by atoms with Gasteiger partial charge >= 0.3 is 0 Å². The van der Waals surface area contributed by atoms with Gasteiger partial charge in [-0.25, -0.2) is 22.8 Å². The summed E-state index contributed by atoms with van der Waals surface area (Å²) in [6.45, 7) is 0. The Morgan fingerprint density at radius 3 is 2.71 bits per heavy atom. The maximum Gasteiger partial charge on any atom is 0.265 e. The van der Waals surface area contributed by atoms with Crippen molar-refractivity contribution in [3.63, 3.8) is 0 Å². The van der Waals surface area contributed by atoms with Crippen LogP contribution >= 0.6 is 0 Å². The number of rotatable bonds is 5. The molecule has 0 saturated carbocycles. The molecule has 1 N–H and O–H groups in total. The van der Waals surface area contributed by atoms with Crippen molar-refractivity contribution < 1.29 is 17.5 Å². The molecule has 3 rings (SSSR count). The van der Waals surface area contributed by atoms with Crippen molar-refractivity contribution in [3.8, 4) is 11.6 Å². The summed E-state index contributed by atoms with van der Waals surface area (Å²) in [6, 6.07) is 6.45. The van der Waals surface area contributed by atoms with Crippen LogP contribution in [0.2, 0.25) is 0 Å². The number of pyridine rings is 1. The number of methoxy groups -OCH3 is 1. The average molecular weight is 348 g/mol. The van der Waals surface area contributed by atoms with Gasteiger partial charge in [-0.2, -0.15) is 0 Å². The number of halogens is 1. The number of hydrogen-bond acceptors (Lipinski definition) is 5. The molecule has 0 aliphatic heterocycles. The predicted molar refractivity (Wildman–Crippen MR) is 85.1 cm³/mol. The third-order valence-corrected chi connectivity index (χ3v) is 4.59. The molecule has 0 atom stereocenters. The standard InChI is InChI=1S/C15H13FN4O3S/c1-23-13-4-2-11(16)8-14(13)24(21,22)19-12-3-5-15(18-9-12)20-7-6-17-10-20/h2-10,19H,1H3. The lowest BCUT2D eigenvalue weighted by molar-refractivity contribution is 0.401. The highest BCUT2D eigenvalue weighted by atomic mass is 32.2. The summed E-state index contributed by atoms with van der Waals surface area (Å²) in [5.41, 5.74) is 0.241. The second kappa shape index (κ2) is 6.28. The molecule has 0 aliphatic rings. The van der Waals surface area contributed by atoms with Crippen LogP contribution in [-0.4, -0.2) is 30.1 Å². The van der Waals surface area contributed by atoms with E-state index in [1.54, 1.807) is 35.4 Å². The first-order chi connectivity index (χ1) is 11.5. The van der Waals surface area contributed by atoms with Crippen molar-refractivity contribution in [2.24, 2.45) is 0 Å². The number of hydrogen-bond donors (Lipinski definition) is 1. The zero-order valence-corrected chi connectivity index (χ0v) is 13.4. The Balaban J connectivity index is 1.88. The first kappa shape index (κ1) is 15.9. The molecule has 0 bridgehead atoms. The minimum absolute atomic E-state index is 0.0481. The number of nitrogens with one attached hydrogen (secondary N) is 1. The minimum atomic E-state index is -4.02. The van der Waals surface area contributed by atoms with E-state index in [9.17, 15) is 12.8 Å². The maximum atomic E-state index is 13.4. The highest BCUT2D eigenvalue weighted by Crippen LogP contribution is 2.26. The number of nitrogens with zero attached hydrogens (tertiary/aromatic N) is 3. The van der Waals surface area contributed by atoms with E-state index in [2.05, 4.69) is 14.7 Å². The second-order valence-electron chi connectivity index (χ2n) is 4.78. The normalized spacial score (nSPS) is 11.2. The highest BCUT2D eigenvalue weighted by molar-refractivity contribution is 7.92. The Hall–Kier alpha value is -2.94. The number of ether oxygens (including phenoxy) is 1. The average Bonchev–Trinajstić information content (AvgIpc) is 3.10. The first-order valence-corrected chi connectivity index (χ1v) is 8.29. The van der Waals surface area contributed by atoms with Gasteiger partial charge in [0.15, 0.2) is 0 Å². The number of sulfonamides is 1. The van der Waals surface area contributed by atoms with Crippen molar-refractivity contribution in [1.82, 2.24) is 14.5 Å². The molecule has 0 aliphatic carbocycles.